The van der Waals surface area contributed by atoms with Crippen molar-refractivity contribution in [1.29, 1.82) is 0 Å². The Balaban J connectivity index is 2.47. The molecular weight excluding hydrogens is 220 g/mol. The van der Waals surface area contributed by atoms with E-state index >= 15 is 0 Å². The van der Waals surface area contributed by atoms with Gasteiger partial charge in [-0.05, 0) is 12.8 Å². The summed E-state index contributed by atoms with van der Waals surface area (Å²) in [6.45, 7) is 3.91. The van der Waals surface area contributed by atoms with Crippen LogP contribution < -0.4 is 11.2 Å². The molecule has 0 aromatic carbocycles. The van der Waals surface area contributed by atoms with Crippen LogP contribution in [0.5, 0.6) is 0 Å². The van der Waals surface area contributed by atoms with Crippen molar-refractivity contribution in [2.24, 2.45) is 0 Å². The number of imidazole rings is 1. The van der Waals surface area contributed by atoms with Gasteiger partial charge in [0.2, 0.25) is 0 Å². The van der Waals surface area contributed by atoms with Crippen molar-refractivity contribution < 1.29 is 0 Å². The molecular formula is C11H14N4O2. The van der Waals surface area contributed by atoms with Crippen LogP contribution in [0.2, 0.25) is 0 Å². The van der Waals surface area contributed by atoms with Gasteiger partial charge in [0.05, 0.1) is 6.33 Å². The number of aromatic nitrogens is 4. The fourth-order valence-corrected chi connectivity index (χ4v) is 2.45. The predicted octanol–water partition coefficient (Wildman–Crippen LogP) is 0.173. The molecule has 2 aromatic heterocycles. The molecule has 0 aliphatic carbocycles. The summed E-state index contributed by atoms with van der Waals surface area (Å²) < 4.78 is 4.85. The monoisotopic (exact) mass is 234 g/mol. The Hall–Kier alpha value is -1.85. The molecule has 17 heavy (non-hydrogen) atoms. The molecule has 0 saturated heterocycles. The van der Waals surface area contributed by atoms with Crippen molar-refractivity contribution in [2.75, 3.05) is 0 Å². The van der Waals surface area contributed by atoms with Crippen LogP contribution in [0, 0.1) is 0 Å². The highest BCUT2D eigenvalue weighted by atomic mass is 16.2. The number of rotatable bonds is 2. The van der Waals surface area contributed by atoms with Crippen LogP contribution in [0.15, 0.2) is 15.9 Å². The molecule has 90 valence electrons. The predicted molar refractivity (Wildman–Crippen MR) is 63.2 cm³/mol. The maximum absolute atomic E-state index is 12.2. The summed E-state index contributed by atoms with van der Waals surface area (Å²) in [5.74, 6) is 0. The molecule has 0 radical (unpaired) electrons. The van der Waals surface area contributed by atoms with Crippen LogP contribution in [-0.2, 0) is 19.6 Å². The zero-order chi connectivity index (χ0) is 12.0. The van der Waals surface area contributed by atoms with Crippen LogP contribution in [0.3, 0.4) is 0 Å². The van der Waals surface area contributed by atoms with Gasteiger partial charge in [-0.3, -0.25) is 13.9 Å². The van der Waals surface area contributed by atoms with Crippen LogP contribution in [0.1, 0.15) is 19.8 Å². The molecule has 1 aliphatic rings. The lowest BCUT2D eigenvalue weighted by Gasteiger charge is -2.17. The highest BCUT2D eigenvalue weighted by Crippen LogP contribution is 2.13. The lowest BCUT2D eigenvalue weighted by atomic mass is 10.3. The quantitative estimate of drug-likeness (QED) is 0.744. The van der Waals surface area contributed by atoms with E-state index in [1.54, 1.807) is 10.9 Å². The van der Waals surface area contributed by atoms with Gasteiger partial charge in [-0.25, -0.2) is 9.78 Å². The SMILES string of the molecule is CCCn1c(=O)c2ncn3c2n(c1=O)CCC3. The molecule has 0 fully saturated rings. The van der Waals surface area contributed by atoms with Gasteiger partial charge in [0, 0.05) is 19.6 Å². The largest absolute Gasteiger partial charge is 0.332 e. The van der Waals surface area contributed by atoms with Crippen LogP contribution >= 0.6 is 0 Å². The Kier molecular flexibility index (Phi) is 2.17. The average Bonchev–Trinajstić information content (AvgIpc) is 2.77. The van der Waals surface area contributed by atoms with Gasteiger partial charge in [-0.2, -0.15) is 0 Å². The first-order valence-electron chi connectivity index (χ1n) is 5.92. The molecule has 3 rings (SSSR count). The van der Waals surface area contributed by atoms with Gasteiger partial charge in [-0.1, -0.05) is 6.92 Å². The maximum Gasteiger partial charge on any atom is 0.332 e. The van der Waals surface area contributed by atoms with Gasteiger partial charge in [0.15, 0.2) is 5.52 Å². The molecule has 0 atom stereocenters. The van der Waals surface area contributed by atoms with Crippen molar-refractivity contribution in [1.82, 2.24) is 18.7 Å². The molecule has 2 aromatic rings. The van der Waals surface area contributed by atoms with Crippen LogP contribution in [0.4, 0.5) is 0 Å². The van der Waals surface area contributed by atoms with E-state index in [0.29, 0.717) is 24.3 Å². The van der Waals surface area contributed by atoms with E-state index in [9.17, 15) is 9.59 Å². The van der Waals surface area contributed by atoms with E-state index in [1.165, 1.54) is 4.57 Å². The zero-order valence-corrected chi connectivity index (χ0v) is 9.72. The normalized spacial score (nSPS) is 14.4. The molecule has 3 heterocycles. The summed E-state index contributed by atoms with van der Waals surface area (Å²) in [5, 5.41) is 0. The standard InChI is InChI=1S/C11H14N4O2/c1-2-4-15-10(16)8-9-13(7-12-8)5-3-6-14(9)11(15)17/h7H,2-6H2,1H3. The van der Waals surface area contributed by atoms with E-state index in [4.69, 9.17) is 0 Å². The van der Waals surface area contributed by atoms with Gasteiger partial charge in [-0.15, -0.1) is 0 Å². The Morgan fingerprint density at radius 3 is 2.94 bits per heavy atom. The first kappa shape index (κ1) is 10.3. The molecule has 0 N–H and O–H groups in total. The Morgan fingerprint density at radius 2 is 2.18 bits per heavy atom. The van der Waals surface area contributed by atoms with E-state index in [2.05, 4.69) is 4.98 Å². The van der Waals surface area contributed by atoms with E-state index in [-0.39, 0.29) is 11.2 Å². The number of hydrogen-bond donors (Lipinski definition) is 0. The third-order valence-electron chi connectivity index (χ3n) is 3.20. The van der Waals surface area contributed by atoms with Gasteiger partial charge < -0.3 is 4.57 Å². The second-order valence-electron chi connectivity index (χ2n) is 4.35. The van der Waals surface area contributed by atoms with Crippen molar-refractivity contribution in [3.63, 3.8) is 0 Å². The van der Waals surface area contributed by atoms with Crippen molar-refractivity contribution in [3.8, 4) is 0 Å². The molecule has 0 amide bonds. The van der Waals surface area contributed by atoms with E-state index in [1.807, 2.05) is 11.5 Å². The summed E-state index contributed by atoms with van der Waals surface area (Å²) in [6, 6.07) is 0. The van der Waals surface area contributed by atoms with Gasteiger partial charge >= 0.3 is 5.69 Å². The average molecular weight is 234 g/mol. The Bertz CT molecular complexity index is 692. The summed E-state index contributed by atoms with van der Waals surface area (Å²) in [7, 11) is 0. The number of hydrogen-bond acceptors (Lipinski definition) is 3. The van der Waals surface area contributed by atoms with Crippen molar-refractivity contribution in [3.05, 3.63) is 27.2 Å². The maximum atomic E-state index is 12.2. The Morgan fingerprint density at radius 1 is 1.35 bits per heavy atom. The van der Waals surface area contributed by atoms with E-state index < -0.39 is 0 Å². The molecule has 0 saturated carbocycles. The third-order valence-corrected chi connectivity index (χ3v) is 3.20. The van der Waals surface area contributed by atoms with Gasteiger partial charge in [0.1, 0.15) is 5.65 Å². The smallest absolute Gasteiger partial charge is 0.316 e. The first-order chi connectivity index (χ1) is 8.24. The summed E-state index contributed by atoms with van der Waals surface area (Å²) in [5.41, 5.74) is 0.630. The number of nitrogens with zero attached hydrogens (tertiary/aromatic N) is 4. The lowest BCUT2D eigenvalue weighted by Crippen LogP contribution is -2.41. The second kappa shape index (κ2) is 3.58. The van der Waals surface area contributed by atoms with E-state index in [0.717, 1.165) is 19.4 Å². The highest BCUT2D eigenvalue weighted by Gasteiger charge is 2.19. The minimum Gasteiger partial charge on any atom is -0.316 e. The fraction of sp³-hybridized carbons (Fsp3) is 0.545. The van der Waals surface area contributed by atoms with Crippen LogP contribution in [0.25, 0.3) is 11.2 Å². The topological polar surface area (TPSA) is 61.8 Å². The third kappa shape index (κ3) is 1.30. The first-order valence-corrected chi connectivity index (χ1v) is 5.92. The number of aryl methyl sites for hydroxylation is 2. The summed E-state index contributed by atoms with van der Waals surface area (Å²) in [6.07, 6.45) is 3.32. The molecule has 0 unspecified atom stereocenters. The minimum absolute atomic E-state index is 0.203. The molecule has 6 nitrogen and oxygen atoms in total. The molecule has 1 aliphatic heterocycles. The van der Waals surface area contributed by atoms with Crippen molar-refractivity contribution >= 4 is 11.2 Å². The second-order valence-corrected chi connectivity index (χ2v) is 4.35. The lowest BCUT2D eigenvalue weighted by molar-refractivity contribution is 0.483. The zero-order valence-electron chi connectivity index (χ0n) is 9.72. The molecule has 0 bridgehead atoms. The van der Waals surface area contributed by atoms with Gasteiger partial charge in [0.25, 0.3) is 5.56 Å². The highest BCUT2D eigenvalue weighted by molar-refractivity contribution is 5.70. The minimum atomic E-state index is -0.260. The molecule has 0 spiro atoms. The summed E-state index contributed by atoms with van der Waals surface area (Å²) >= 11 is 0. The fourth-order valence-electron chi connectivity index (χ4n) is 2.45. The molecule has 6 heteroatoms. The Labute approximate surface area is 97.1 Å². The van der Waals surface area contributed by atoms with Crippen LogP contribution in [-0.4, -0.2) is 18.7 Å². The summed E-state index contributed by atoms with van der Waals surface area (Å²) in [4.78, 5) is 28.5. The van der Waals surface area contributed by atoms with Crippen molar-refractivity contribution in [2.45, 2.75) is 39.4 Å².